The van der Waals surface area contributed by atoms with Gasteiger partial charge < -0.3 is 5.32 Å². The number of rotatable bonds is 5. The maximum absolute atomic E-state index is 11.8. The van der Waals surface area contributed by atoms with Gasteiger partial charge in [-0.2, -0.15) is 5.10 Å². The molecule has 0 bridgehead atoms. The van der Waals surface area contributed by atoms with Crippen LogP contribution in [-0.2, 0) is 6.54 Å². The molecule has 1 fully saturated rings. The minimum Gasteiger partial charge on any atom is -0.310 e. The van der Waals surface area contributed by atoms with Crippen molar-refractivity contribution in [3.8, 4) is 11.3 Å². The van der Waals surface area contributed by atoms with Crippen LogP contribution in [0.3, 0.4) is 0 Å². The van der Waals surface area contributed by atoms with E-state index in [0.29, 0.717) is 18.5 Å². The van der Waals surface area contributed by atoms with Crippen LogP contribution in [0.4, 0.5) is 0 Å². The summed E-state index contributed by atoms with van der Waals surface area (Å²) in [5, 5.41) is 10.1. The van der Waals surface area contributed by atoms with E-state index in [0.717, 1.165) is 16.8 Å². The van der Waals surface area contributed by atoms with Crippen molar-refractivity contribution in [3.05, 3.63) is 51.8 Å². The van der Waals surface area contributed by atoms with Gasteiger partial charge in [-0.25, -0.2) is 5.10 Å². The Morgan fingerprint density at radius 2 is 2.00 bits per heavy atom. The lowest BCUT2D eigenvalue weighted by Crippen LogP contribution is -2.23. The van der Waals surface area contributed by atoms with Gasteiger partial charge in [0.2, 0.25) is 0 Å². The van der Waals surface area contributed by atoms with Gasteiger partial charge in [0.1, 0.15) is 0 Å². The van der Waals surface area contributed by atoms with Gasteiger partial charge in [0.15, 0.2) is 0 Å². The zero-order valence-corrected chi connectivity index (χ0v) is 12.5. The van der Waals surface area contributed by atoms with Crippen molar-refractivity contribution in [2.45, 2.75) is 45.2 Å². The number of nitrogens with one attached hydrogen (secondary N) is 2. The van der Waals surface area contributed by atoms with Crippen LogP contribution in [0.2, 0.25) is 0 Å². The van der Waals surface area contributed by atoms with Gasteiger partial charge >= 0.3 is 0 Å². The predicted octanol–water partition coefficient (Wildman–Crippen LogP) is 2.81. The average Bonchev–Trinajstić information content (AvgIpc) is 3.31. The Morgan fingerprint density at radius 1 is 1.29 bits per heavy atom. The van der Waals surface area contributed by atoms with Crippen LogP contribution in [0, 0.1) is 0 Å². The van der Waals surface area contributed by atoms with Crippen LogP contribution in [0.1, 0.15) is 43.7 Å². The molecule has 1 aromatic heterocycles. The number of nitrogens with zero attached hydrogens (tertiary/aromatic N) is 1. The van der Waals surface area contributed by atoms with Crippen molar-refractivity contribution >= 4 is 0 Å². The van der Waals surface area contributed by atoms with E-state index in [-0.39, 0.29) is 5.56 Å². The molecule has 0 aliphatic heterocycles. The maximum atomic E-state index is 11.8. The standard InChI is InChI=1S/C17H21N3O/c1-11(2)12-3-5-13(6-4-12)16-9-14(17(21)20-19-16)10-18-15-7-8-15/h3-6,9,11,15,18H,7-8,10H2,1-2H3,(H,20,21). The van der Waals surface area contributed by atoms with Crippen LogP contribution in [0.5, 0.6) is 0 Å². The average molecular weight is 283 g/mol. The maximum Gasteiger partial charge on any atom is 0.268 e. The van der Waals surface area contributed by atoms with Crippen LogP contribution < -0.4 is 10.9 Å². The van der Waals surface area contributed by atoms with Gasteiger partial charge in [-0.15, -0.1) is 0 Å². The lowest BCUT2D eigenvalue weighted by molar-refractivity contribution is 0.679. The predicted molar refractivity (Wildman–Crippen MR) is 84.2 cm³/mol. The van der Waals surface area contributed by atoms with E-state index in [2.05, 4.69) is 53.6 Å². The van der Waals surface area contributed by atoms with E-state index in [1.807, 2.05) is 6.07 Å². The Labute approximate surface area is 124 Å². The third kappa shape index (κ3) is 3.39. The molecule has 4 nitrogen and oxygen atoms in total. The molecular weight excluding hydrogens is 262 g/mol. The summed E-state index contributed by atoms with van der Waals surface area (Å²) in [6.07, 6.45) is 2.43. The number of hydrogen-bond acceptors (Lipinski definition) is 3. The first-order chi connectivity index (χ1) is 10.1. The summed E-state index contributed by atoms with van der Waals surface area (Å²) in [5.41, 5.74) is 3.80. The normalized spacial score (nSPS) is 14.6. The molecule has 0 atom stereocenters. The second kappa shape index (κ2) is 5.82. The first-order valence-electron chi connectivity index (χ1n) is 7.56. The van der Waals surface area contributed by atoms with Gasteiger partial charge in [-0.3, -0.25) is 4.79 Å². The first kappa shape index (κ1) is 14.0. The van der Waals surface area contributed by atoms with E-state index in [1.165, 1.54) is 18.4 Å². The van der Waals surface area contributed by atoms with Gasteiger partial charge in [0, 0.05) is 23.7 Å². The molecular formula is C17H21N3O. The lowest BCUT2D eigenvalue weighted by Gasteiger charge is -2.08. The zero-order valence-electron chi connectivity index (χ0n) is 12.5. The molecule has 1 aromatic carbocycles. The van der Waals surface area contributed by atoms with Crippen molar-refractivity contribution < 1.29 is 0 Å². The summed E-state index contributed by atoms with van der Waals surface area (Å²) in [4.78, 5) is 11.8. The highest BCUT2D eigenvalue weighted by molar-refractivity contribution is 5.59. The van der Waals surface area contributed by atoms with Crippen LogP contribution in [-0.4, -0.2) is 16.2 Å². The molecule has 2 aromatic rings. The Morgan fingerprint density at radius 3 is 2.62 bits per heavy atom. The van der Waals surface area contributed by atoms with Gasteiger partial charge in [-0.1, -0.05) is 38.1 Å². The number of H-pyrrole nitrogens is 1. The Kier molecular flexibility index (Phi) is 3.88. The van der Waals surface area contributed by atoms with Gasteiger partial charge in [0.25, 0.3) is 5.56 Å². The molecule has 4 heteroatoms. The molecule has 1 aliphatic rings. The van der Waals surface area contributed by atoms with E-state index >= 15 is 0 Å². The Balaban J connectivity index is 1.83. The summed E-state index contributed by atoms with van der Waals surface area (Å²) >= 11 is 0. The first-order valence-corrected chi connectivity index (χ1v) is 7.56. The molecule has 3 rings (SSSR count). The van der Waals surface area contributed by atoms with Crippen LogP contribution in [0.15, 0.2) is 35.1 Å². The topological polar surface area (TPSA) is 57.8 Å². The number of benzene rings is 1. The quantitative estimate of drug-likeness (QED) is 0.887. The minimum atomic E-state index is -0.106. The molecule has 110 valence electrons. The fourth-order valence-corrected chi connectivity index (χ4v) is 2.31. The molecule has 1 aliphatic carbocycles. The molecule has 1 heterocycles. The van der Waals surface area contributed by atoms with E-state index in [4.69, 9.17) is 0 Å². The molecule has 0 saturated heterocycles. The molecule has 0 unspecified atom stereocenters. The number of aromatic amines is 1. The summed E-state index contributed by atoms with van der Waals surface area (Å²) < 4.78 is 0. The third-order valence-corrected chi connectivity index (χ3v) is 3.91. The smallest absolute Gasteiger partial charge is 0.268 e. The van der Waals surface area contributed by atoms with E-state index in [1.54, 1.807) is 0 Å². The van der Waals surface area contributed by atoms with Crippen LogP contribution >= 0.6 is 0 Å². The molecule has 0 radical (unpaired) electrons. The second-order valence-electron chi connectivity index (χ2n) is 6.04. The number of hydrogen-bond donors (Lipinski definition) is 2. The minimum absolute atomic E-state index is 0.106. The summed E-state index contributed by atoms with van der Waals surface area (Å²) in [6.45, 7) is 4.96. The monoisotopic (exact) mass is 283 g/mol. The summed E-state index contributed by atoms with van der Waals surface area (Å²) in [6, 6.07) is 10.8. The summed E-state index contributed by atoms with van der Waals surface area (Å²) in [5.74, 6) is 0.515. The van der Waals surface area contributed by atoms with Gasteiger partial charge in [-0.05, 0) is 30.4 Å². The molecule has 2 N–H and O–H groups in total. The van der Waals surface area contributed by atoms with Crippen molar-refractivity contribution in [2.75, 3.05) is 0 Å². The number of aromatic nitrogens is 2. The summed E-state index contributed by atoms with van der Waals surface area (Å²) in [7, 11) is 0. The highest BCUT2D eigenvalue weighted by atomic mass is 16.1. The molecule has 1 saturated carbocycles. The Bertz CT molecular complexity index is 669. The largest absolute Gasteiger partial charge is 0.310 e. The molecule has 21 heavy (non-hydrogen) atoms. The molecule has 0 amide bonds. The highest BCUT2D eigenvalue weighted by Crippen LogP contribution is 2.22. The fourth-order valence-electron chi connectivity index (χ4n) is 2.31. The lowest BCUT2D eigenvalue weighted by atomic mass is 10.0. The molecule has 0 spiro atoms. The van der Waals surface area contributed by atoms with Crippen molar-refractivity contribution in [2.24, 2.45) is 0 Å². The van der Waals surface area contributed by atoms with Gasteiger partial charge in [0.05, 0.1) is 5.69 Å². The SMILES string of the molecule is CC(C)c1ccc(-c2cc(CNC3CC3)c(=O)[nH]n2)cc1. The van der Waals surface area contributed by atoms with Crippen LogP contribution in [0.25, 0.3) is 11.3 Å². The fraction of sp³-hybridized carbons (Fsp3) is 0.412. The van der Waals surface area contributed by atoms with Crippen molar-refractivity contribution in [3.63, 3.8) is 0 Å². The van der Waals surface area contributed by atoms with Crippen molar-refractivity contribution in [1.29, 1.82) is 0 Å². The zero-order chi connectivity index (χ0) is 14.8. The van der Waals surface area contributed by atoms with E-state index < -0.39 is 0 Å². The van der Waals surface area contributed by atoms with Crippen molar-refractivity contribution in [1.82, 2.24) is 15.5 Å². The second-order valence-corrected chi connectivity index (χ2v) is 6.04. The third-order valence-electron chi connectivity index (χ3n) is 3.91. The Hall–Kier alpha value is -1.94. The highest BCUT2D eigenvalue weighted by Gasteiger charge is 2.20. The van der Waals surface area contributed by atoms with E-state index in [9.17, 15) is 4.79 Å².